The first-order valence-corrected chi connectivity index (χ1v) is 5.15. The number of nitrogens with one attached hydrogen (secondary N) is 1. The lowest BCUT2D eigenvalue weighted by molar-refractivity contribution is -0.139. The van der Waals surface area contributed by atoms with Crippen molar-refractivity contribution in [2.24, 2.45) is 5.73 Å². The van der Waals surface area contributed by atoms with Gasteiger partial charge in [0.2, 0.25) is 0 Å². The van der Waals surface area contributed by atoms with Gasteiger partial charge in [-0.15, -0.1) is 5.10 Å². The number of nitrogens with zero attached hydrogens (tertiary/aromatic N) is 2. The van der Waals surface area contributed by atoms with Crippen LogP contribution < -0.4 is 11.1 Å². The lowest BCUT2D eigenvalue weighted by Crippen LogP contribution is -2.29. The second-order valence-corrected chi connectivity index (χ2v) is 3.46. The van der Waals surface area contributed by atoms with E-state index in [2.05, 4.69) is 15.5 Å². The first kappa shape index (κ1) is 13.0. The molecule has 7 nitrogen and oxygen atoms in total. The predicted molar refractivity (Wildman–Crippen MR) is 59.2 cm³/mol. The van der Waals surface area contributed by atoms with Gasteiger partial charge in [0.25, 0.3) is 5.91 Å². The normalized spacial score (nSPS) is 18.0. The molecule has 1 aliphatic heterocycles. The molecule has 0 radical (unpaired) electrons. The first-order chi connectivity index (χ1) is 8.11. The van der Waals surface area contributed by atoms with Crippen LogP contribution in [0.2, 0.25) is 0 Å². The van der Waals surface area contributed by atoms with E-state index in [1.807, 2.05) is 0 Å². The van der Waals surface area contributed by atoms with Crippen LogP contribution >= 0.6 is 0 Å². The fourth-order valence-electron chi connectivity index (χ4n) is 1.33. The average molecular weight is 238 g/mol. The lowest BCUT2D eigenvalue weighted by atomic mass is 10.2. The van der Waals surface area contributed by atoms with E-state index in [0.29, 0.717) is 0 Å². The SMILES string of the molecule is NC(=O)c1cccnn1.O=C(O)C1CCCN1. The van der Waals surface area contributed by atoms with Crippen molar-refractivity contribution in [2.45, 2.75) is 18.9 Å². The third kappa shape index (κ3) is 4.56. The molecule has 0 saturated carbocycles. The van der Waals surface area contributed by atoms with Gasteiger partial charge in [-0.1, -0.05) is 0 Å². The molecule has 7 heteroatoms. The molecule has 0 bridgehead atoms. The van der Waals surface area contributed by atoms with Gasteiger partial charge in [0.15, 0.2) is 5.69 Å². The van der Waals surface area contributed by atoms with Gasteiger partial charge in [-0.05, 0) is 31.5 Å². The molecule has 4 N–H and O–H groups in total. The molecule has 17 heavy (non-hydrogen) atoms. The molecule has 92 valence electrons. The molecule has 1 aromatic heterocycles. The van der Waals surface area contributed by atoms with E-state index in [0.717, 1.165) is 19.4 Å². The van der Waals surface area contributed by atoms with E-state index in [-0.39, 0.29) is 11.7 Å². The van der Waals surface area contributed by atoms with Gasteiger partial charge < -0.3 is 16.2 Å². The summed E-state index contributed by atoms with van der Waals surface area (Å²) in [5.41, 5.74) is 5.06. The van der Waals surface area contributed by atoms with Crippen molar-refractivity contribution in [3.05, 3.63) is 24.0 Å². The molecule has 1 atom stereocenters. The zero-order chi connectivity index (χ0) is 12.7. The van der Waals surface area contributed by atoms with Gasteiger partial charge in [-0.3, -0.25) is 9.59 Å². The number of hydrogen-bond donors (Lipinski definition) is 3. The summed E-state index contributed by atoms with van der Waals surface area (Å²) in [7, 11) is 0. The Morgan fingerprint density at radius 3 is 2.59 bits per heavy atom. The topological polar surface area (TPSA) is 118 Å². The standard InChI is InChI=1S/C5H5N3O.C5H9NO2/c6-5(9)4-2-1-3-7-8-4;7-5(8)4-2-1-3-6-4/h1-3H,(H2,6,9);4,6H,1-3H2,(H,7,8). The van der Waals surface area contributed by atoms with Crippen LogP contribution in [0.15, 0.2) is 18.3 Å². The number of hydrogen-bond acceptors (Lipinski definition) is 5. The number of rotatable bonds is 2. The monoisotopic (exact) mass is 238 g/mol. The summed E-state index contributed by atoms with van der Waals surface area (Å²) in [5.74, 6) is -1.27. The zero-order valence-corrected chi connectivity index (χ0v) is 9.17. The van der Waals surface area contributed by atoms with Crippen LogP contribution in [-0.2, 0) is 4.79 Å². The van der Waals surface area contributed by atoms with E-state index in [1.54, 1.807) is 6.07 Å². The molecule has 1 unspecified atom stereocenters. The minimum Gasteiger partial charge on any atom is -0.480 e. The second kappa shape index (κ2) is 6.54. The molecule has 1 aliphatic rings. The Morgan fingerprint density at radius 2 is 2.29 bits per heavy atom. The van der Waals surface area contributed by atoms with Crippen molar-refractivity contribution < 1.29 is 14.7 Å². The maximum absolute atomic E-state index is 10.3. The van der Waals surface area contributed by atoms with E-state index in [1.165, 1.54) is 12.3 Å². The Labute approximate surface area is 98.0 Å². The molecule has 2 heterocycles. The Hall–Kier alpha value is -2.02. The molecule has 2 rings (SSSR count). The average Bonchev–Trinajstić information content (AvgIpc) is 2.84. The van der Waals surface area contributed by atoms with Crippen molar-refractivity contribution in [3.63, 3.8) is 0 Å². The van der Waals surface area contributed by atoms with Crippen LogP contribution in [0.4, 0.5) is 0 Å². The zero-order valence-electron chi connectivity index (χ0n) is 9.17. The highest BCUT2D eigenvalue weighted by Crippen LogP contribution is 2.03. The van der Waals surface area contributed by atoms with E-state index in [9.17, 15) is 9.59 Å². The number of carbonyl (C=O) groups excluding carboxylic acids is 1. The van der Waals surface area contributed by atoms with E-state index >= 15 is 0 Å². The summed E-state index contributed by atoms with van der Waals surface area (Å²) in [4.78, 5) is 20.5. The molecule has 0 aliphatic carbocycles. The van der Waals surface area contributed by atoms with Gasteiger partial charge in [-0.25, -0.2) is 0 Å². The van der Waals surface area contributed by atoms with Crippen molar-refractivity contribution in [3.8, 4) is 0 Å². The smallest absolute Gasteiger partial charge is 0.320 e. The summed E-state index contributed by atoms with van der Waals surface area (Å²) < 4.78 is 0. The second-order valence-electron chi connectivity index (χ2n) is 3.46. The Bertz CT molecular complexity index is 376. The number of aromatic nitrogens is 2. The number of carboxylic acid groups (broad SMARTS) is 1. The van der Waals surface area contributed by atoms with Gasteiger partial charge in [0.05, 0.1) is 0 Å². The fourth-order valence-corrected chi connectivity index (χ4v) is 1.33. The molecular weight excluding hydrogens is 224 g/mol. The minimum atomic E-state index is -0.720. The maximum Gasteiger partial charge on any atom is 0.320 e. The molecule has 1 saturated heterocycles. The van der Waals surface area contributed by atoms with Gasteiger partial charge in [0.1, 0.15) is 6.04 Å². The van der Waals surface area contributed by atoms with Crippen LogP contribution in [0.5, 0.6) is 0 Å². The Kier molecular flexibility index (Phi) is 5.02. The highest BCUT2D eigenvalue weighted by atomic mass is 16.4. The first-order valence-electron chi connectivity index (χ1n) is 5.15. The molecule has 1 aromatic rings. The quantitative estimate of drug-likeness (QED) is 0.633. The third-order valence-corrected chi connectivity index (χ3v) is 2.18. The van der Waals surface area contributed by atoms with Crippen molar-refractivity contribution >= 4 is 11.9 Å². The van der Waals surface area contributed by atoms with Crippen LogP contribution in [0, 0.1) is 0 Å². The molecule has 0 aromatic carbocycles. The van der Waals surface area contributed by atoms with Gasteiger partial charge >= 0.3 is 5.97 Å². The number of nitrogens with two attached hydrogens (primary N) is 1. The van der Waals surface area contributed by atoms with E-state index < -0.39 is 11.9 Å². The maximum atomic E-state index is 10.3. The lowest BCUT2D eigenvalue weighted by Gasteiger charge is -1.99. The third-order valence-electron chi connectivity index (χ3n) is 2.18. The van der Waals surface area contributed by atoms with Crippen LogP contribution in [0.1, 0.15) is 23.3 Å². The van der Waals surface area contributed by atoms with Crippen molar-refractivity contribution in [1.29, 1.82) is 0 Å². The highest BCUT2D eigenvalue weighted by molar-refractivity contribution is 5.90. The Balaban J connectivity index is 0.000000171. The number of carbonyl (C=O) groups is 2. The number of primary amides is 1. The van der Waals surface area contributed by atoms with Crippen LogP contribution in [0.25, 0.3) is 0 Å². The Morgan fingerprint density at radius 1 is 1.53 bits per heavy atom. The summed E-state index contributed by atoms with van der Waals surface area (Å²) in [6.45, 7) is 0.858. The number of amides is 1. The summed E-state index contributed by atoms with van der Waals surface area (Å²) in [6.07, 6.45) is 3.26. The van der Waals surface area contributed by atoms with E-state index in [4.69, 9.17) is 10.8 Å². The van der Waals surface area contributed by atoms with Crippen molar-refractivity contribution in [2.75, 3.05) is 6.54 Å². The van der Waals surface area contributed by atoms with Gasteiger partial charge in [0, 0.05) is 6.20 Å². The summed E-state index contributed by atoms with van der Waals surface area (Å²) in [6, 6.07) is 2.84. The summed E-state index contributed by atoms with van der Waals surface area (Å²) in [5, 5.41) is 18.1. The molecule has 1 amide bonds. The number of carboxylic acids is 1. The summed E-state index contributed by atoms with van der Waals surface area (Å²) >= 11 is 0. The largest absolute Gasteiger partial charge is 0.480 e. The molecule has 1 fully saturated rings. The van der Waals surface area contributed by atoms with Crippen LogP contribution in [0.3, 0.4) is 0 Å². The number of aliphatic carboxylic acids is 1. The van der Waals surface area contributed by atoms with Crippen molar-refractivity contribution in [1.82, 2.24) is 15.5 Å². The fraction of sp³-hybridized carbons (Fsp3) is 0.400. The van der Waals surface area contributed by atoms with Gasteiger partial charge in [-0.2, -0.15) is 5.10 Å². The minimum absolute atomic E-state index is 0.192. The predicted octanol–water partition coefficient (Wildman–Crippen LogP) is -0.601. The highest BCUT2D eigenvalue weighted by Gasteiger charge is 2.20. The molecular formula is C10H14N4O3. The van der Waals surface area contributed by atoms with Crippen LogP contribution in [-0.4, -0.2) is 39.8 Å². The molecule has 0 spiro atoms.